The van der Waals surface area contributed by atoms with Crippen LogP contribution in [0.4, 0.5) is 34.1 Å². The van der Waals surface area contributed by atoms with E-state index < -0.39 is 5.41 Å². The second kappa shape index (κ2) is 14.4. The lowest BCUT2D eigenvalue weighted by molar-refractivity contribution is 0.768. The molecule has 1 aliphatic carbocycles. The van der Waals surface area contributed by atoms with E-state index in [1.54, 1.807) is 0 Å². The van der Waals surface area contributed by atoms with Gasteiger partial charge in [0.15, 0.2) is 0 Å². The topological polar surface area (TPSA) is 6.48 Å². The molecule has 0 fully saturated rings. The zero-order valence-corrected chi connectivity index (χ0v) is 32.5. The number of hydrogen-bond acceptors (Lipinski definition) is 2. The van der Waals surface area contributed by atoms with Crippen LogP contribution in [0.1, 0.15) is 22.3 Å². The Bertz CT molecular complexity index is 2870. The van der Waals surface area contributed by atoms with E-state index in [0.29, 0.717) is 0 Å². The van der Waals surface area contributed by atoms with E-state index in [4.69, 9.17) is 0 Å². The van der Waals surface area contributed by atoms with Gasteiger partial charge in [-0.05, 0) is 105 Å². The highest BCUT2D eigenvalue weighted by Crippen LogP contribution is 2.56. The Morgan fingerprint density at radius 2 is 0.593 bits per heavy atom. The fraction of sp³-hybridized carbons (Fsp3) is 0.0175. The standard InChI is InChI=1S/C57H40N2/c1-3-21-45(22-4-1)58(55-31-15-19-41-17-7-9-25-49(41)55)47-37-33-43(34-38-47)57(53-29-13-11-27-51(53)52-28-12-14-30-54(52)57)44-35-39-48(40-36-44)59(46-23-5-2-6-24-46)56-32-16-20-42-18-8-10-26-50(42)56/h1-40H. The minimum atomic E-state index is -0.543. The van der Waals surface area contributed by atoms with Gasteiger partial charge in [0.25, 0.3) is 0 Å². The first-order chi connectivity index (χ1) is 29.3. The molecule has 10 aromatic carbocycles. The molecule has 0 spiro atoms. The molecule has 0 bridgehead atoms. The molecule has 0 aromatic heterocycles. The van der Waals surface area contributed by atoms with Crippen molar-refractivity contribution in [2.45, 2.75) is 5.41 Å². The highest BCUT2D eigenvalue weighted by Gasteiger charge is 2.46. The van der Waals surface area contributed by atoms with Crippen molar-refractivity contribution in [2.75, 3.05) is 9.80 Å². The molecule has 0 amide bonds. The molecule has 2 heteroatoms. The fourth-order valence-electron chi connectivity index (χ4n) is 9.56. The predicted molar refractivity (Wildman–Crippen MR) is 248 cm³/mol. The van der Waals surface area contributed by atoms with Crippen molar-refractivity contribution in [2.24, 2.45) is 0 Å². The van der Waals surface area contributed by atoms with Crippen LogP contribution in [0.3, 0.4) is 0 Å². The van der Waals surface area contributed by atoms with Crippen LogP contribution in [-0.2, 0) is 5.41 Å². The number of para-hydroxylation sites is 2. The zero-order chi connectivity index (χ0) is 39.2. The molecule has 2 nitrogen and oxygen atoms in total. The third-order valence-corrected chi connectivity index (χ3v) is 12.1. The summed E-state index contributed by atoms with van der Waals surface area (Å²) >= 11 is 0. The molecule has 59 heavy (non-hydrogen) atoms. The molecular weight excluding hydrogens is 713 g/mol. The first-order valence-electron chi connectivity index (χ1n) is 20.4. The first-order valence-corrected chi connectivity index (χ1v) is 20.4. The monoisotopic (exact) mass is 752 g/mol. The highest BCUT2D eigenvalue weighted by atomic mass is 15.1. The smallest absolute Gasteiger partial charge is 0.0713 e. The van der Waals surface area contributed by atoms with Crippen molar-refractivity contribution in [3.05, 3.63) is 265 Å². The molecule has 0 atom stereocenters. The summed E-state index contributed by atoms with van der Waals surface area (Å²) in [6, 6.07) is 88.5. The van der Waals surface area contributed by atoms with Crippen molar-refractivity contribution in [1.29, 1.82) is 0 Å². The van der Waals surface area contributed by atoms with Crippen LogP contribution < -0.4 is 9.80 Å². The van der Waals surface area contributed by atoms with Crippen molar-refractivity contribution < 1.29 is 0 Å². The Morgan fingerprint density at radius 1 is 0.254 bits per heavy atom. The largest absolute Gasteiger partial charge is 0.310 e. The molecule has 1 aliphatic rings. The van der Waals surface area contributed by atoms with E-state index in [1.165, 1.54) is 54.9 Å². The van der Waals surface area contributed by atoms with E-state index in [9.17, 15) is 0 Å². The van der Waals surface area contributed by atoms with Gasteiger partial charge in [-0.1, -0.05) is 182 Å². The summed E-state index contributed by atoms with van der Waals surface area (Å²) < 4.78 is 0. The molecule has 11 rings (SSSR count). The van der Waals surface area contributed by atoms with Gasteiger partial charge in [-0.25, -0.2) is 0 Å². The molecule has 0 saturated heterocycles. The van der Waals surface area contributed by atoms with Crippen LogP contribution >= 0.6 is 0 Å². The van der Waals surface area contributed by atoms with Crippen LogP contribution in [0.5, 0.6) is 0 Å². The average Bonchev–Trinajstić information content (AvgIpc) is 3.62. The molecule has 0 saturated carbocycles. The number of nitrogens with zero attached hydrogens (tertiary/aromatic N) is 2. The van der Waals surface area contributed by atoms with E-state index in [1.807, 2.05) is 0 Å². The molecule has 0 aliphatic heterocycles. The van der Waals surface area contributed by atoms with Gasteiger partial charge in [-0.3, -0.25) is 0 Å². The number of benzene rings is 10. The Hall–Kier alpha value is -7.68. The third kappa shape index (κ3) is 5.64. The predicted octanol–water partition coefficient (Wildman–Crippen LogP) is 15.3. The number of rotatable bonds is 8. The summed E-state index contributed by atoms with van der Waals surface area (Å²) in [4.78, 5) is 4.77. The lowest BCUT2D eigenvalue weighted by Crippen LogP contribution is -2.28. The van der Waals surface area contributed by atoms with Crippen molar-refractivity contribution in [3.63, 3.8) is 0 Å². The van der Waals surface area contributed by atoms with Crippen LogP contribution in [0.25, 0.3) is 32.7 Å². The average molecular weight is 753 g/mol. The first kappa shape index (κ1) is 34.6. The maximum absolute atomic E-state index is 2.38. The second-order valence-corrected chi connectivity index (χ2v) is 15.3. The molecular formula is C57H40N2. The zero-order valence-electron chi connectivity index (χ0n) is 32.5. The van der Waals surface area contributed by atoms with E-state index in [2.05, 4.69) is 252 Å². The maximum Gasteiger partial charge on any atom is 0.0713 e. The summed E-state index contributed by atoms with van der Waals surface area (Å²) in [5.74, 6) is 0. The number of anilines is 6. The van der Waals surface area contributed by atoms with Gasteiger partial charge < -0.3 is 9.80 Å². The van der Waals surface area contributed by atoms with Crippen LogP contribution in [0.2, 0.25) is 0 Å². The summed E-state index contributed by atoms with van der Waals surface area (Å²) in [6.45, 7) is 0. The van der Waals surface area contributed by atoms with Crippen molar-refractivity contribution in [1.82, 2.24) is 0 Å². The van der Waals surface area contributed by atoms with E-state index in [0.717, 1.165) is 34.1 Å². The van der Waals surface area contributed by atoms with E-state index >= 15 is 0 Å². The Morgan fingerprint density at radius 3 is 1.03 bits per heavy atom. The van der Waals surface area contributed by atoms with Crippen LogP contribution in [0.15, 0.2) is 243 Å². The third-order valence-electron chi connectivity index (χ3n) is 12.1. The van der Waals surface area contributed by atoms with Crippen molar-refractivity contribution >= 4 is 55.7 Å². The van der Waals surface area contributed by atoms with Crippen LogP contribution in [-0.4, -0.2) is 0 Å². The van der Waals surface area contributed by atoms with Crippen molar-refractivity contribution in [3.8, 4) is 11.1 Å². The summed E-state index contributed by atoms with van der Waals surface area (Å²) in [7, 11) is 0. The van der Waals surface area contributed by atoms with Gasteiger partial charge in [0.05, 0.1) is 16.8 Å². The van der Waals surface area contributed by atoms with Crippen LogP contribution in [0, 0.1) is 0 Å². The maximum atomic E-state index is 2.38. The minimum Gasteiger partial charge on any atom is -0.310 e. The van der Waals surface area contributed by atoms with Gasteiger partial charge >= 0.3 is 0 Å². The van der Waals surface area contributed by atoms with E-state index in [-0.39, 0.29) is 0 Å². The summed E-state index contributed by atoms with van der Waals surface area (Å²) in [5, 5.41) is 4.86. The molecule has 278 valence electrons. The Labute approximate surface area is 345 Å². The van der Waals surface area contributed by atoms with Gasteiger partial charge in [0, 0.05) is 33.5 Å². The quantitative estimate of drug-likeness (QED) is 0.152. The molecule has 0 radical (unpaired) electrons. The summed E-state index contributed by atoms with van der Waals surface area (Å²) in [5.41, 5.74) is 13.8. The SMILES string of the molecule is c1ccc(N(c2ccc(C3(c4ccc(N(c5ccccc5)c5cccc6ccccc56)cc4)c4ccccc4-c4ccccc43)cc2)c2cccc3ccccc23)cc1. The number of hydrogen-bond donors (Lipinski definition) is 0. The lowest BCUT2D eigenvalue weighted by Gasteiger charge is -2.35. The highest BCUT2D eigenvalue weighted by molar-refractivity contribution is 6.00. The number of fused-ring (bicyclic) bond motifs is 5. The molecule has 0 N–H and O–H groups in total. The Balaban J connectivity index is 1.09. The van der Waals surface area contributed by atoms with Gasteiger partial charge in [0.1, 0.15) is 0 Å². The molecule has 0 heterocycles. The lowest BCUT2D eigenvalue weighted by atomic mass is 9.67. The fourth-order valence-corrected chi connectivity index (χ4v) is 9.56. The molecule has 10 aromatic rings. The Kier molecular flexibility index (Phi) is 8.41. The van der Waals surface area contributed by atoms with Gasteiger partial charge in [0.2, 0.25) is 0 Å². The summed E-state index contributed by atoms with van der Waals surface area (Å²) in [6.07, 6.45) is 0. The second-order valence-electron chi connectivity index (χ2n) is 15.3. The van der Waals surface area contributed by atoms with Gasteiger partial charge in [-0.2, -0.15) is 0 Å². The molecule has 0 unspecified atom stereocenters. The minimum absolute atomic E-state index is 0.543. The van der Waals surface area contributed by atoms with Gasteiger partial charge in [-0.15, -0.1) is 0 Å². The normalized spacial score (nSPS) is 12.5.